The van der Waals surface area contributed by atoms with Crippen molar-refractivity contribution < 1.29 is 14.0 Å². The largest absolute Gasteiger partial charge is 0.338 e. The Hall–Kier alpha value is -3.10. The lowest BCUT2D eigenvalue weighted by Gasteiger charge is -2.32. The topological polar surface area (TPSA) is 102 Å². The van der Waals surface area contributed by atoms with Crippen LogP contribution in [0.15, 0.2) is 30.5 Å². The van der Waals surface area contributed by atoms with Gasteiger partial charge in [0.25, 0.3) is 0 Å². The van der Waals surface area contributed by atoms with E-state index in [4.69, 9.17) is 0 Å². The first-order valence-corrected chi connectivity index (χ1v) is 8.96. The summed E-state index contributed by atoms with van der Waals surface area (Å²) < 4.78 is 13.3. The first-order valence-electron chi connectivity index (χ1n) is 8.96. The number of urea groups is 2. The standard InChI is InChI=1S/C18H23FN6O2/c1-2-20-17(26)23-15-10-21-24-16(15)12-5-4-8-25(11-12)18(27)22-14-7-3-6-13(19)9-14/h3,6-7,9-10,12H,2,4-5,8,11H2,1H3,(H,21,24)(H,22,27)(H2,20,23,26). The number of aromatic amines is 1. The van der Waals surface area contributed by atoms with Gasteiger partial charge < -0.3 is 20.9 Å². The average molecular weight is 374 g/mol. The van der Waals surface area contributed by atoms with Crippen LogP contribution in [0.4, 0.5) is 25.4 Å². The van der Waals surface area contributed by atoms with Crippen LogP contribution in [0.3, 0.4) is 0 Å². The van der Waals surface area contributed by atoms with Crippen LogP contribution < -0.4 is 16.0 Å². The van der Waals surface area contributed by atoms with Gasteiger partial charge in [-0.2, -0.15) is 5.10 Å². The minimum Gasteiger partial charge on any atom is -0.338 e. The van der Waals surface area contributed by atoms with Gasteiger partial charge in [0.1, 0.15) is 5.82 Å². The van der Waals surface area contributed by atoms with Crippen LogP contribution in [-0.2, 0) is 0 Å². The zero-order chi connectivity index (χ0) is 19.2. The molecule has 0 spiro atoms. The van der Waals surface area contributed by atoms with Gasteiger partial charge in [-0.25, -0.2) is 14.0 Å². The Morgan fingerprint density at radius 2 is 2.22 bits per heavy atom. The van der Waals surface area contributed by atoms with Crippen LogP contribution in [0.1, 0.15) is 31.4 Å². The van der Waals surface area contributed by atoms with E-state index in [0.29, 0.717) is 31.0 Å². The molecule has 9 heteroatoms. The maximum Gasteiger partial charge on any atom is 0.321 e. The maximum atomic E-state index is 13.3. The van der Waals surface area contributed by atoms with E-state index in [-0.39, 0.29) is 18.0 Å². The monoisotopic (exact) mass is 374 g/mol. The molecule has 1 saturated heterocycles. The molecule has 2 aromatic rings. The molecule has 8 nitrogen and oxygen atoms in total. The first kappa shape index (κ1) is 18.7. The van der Waals surface area contributed by atoms with Crippen molar-refractivity contribution in [3.05, 3.63) is 42.0 Å². The van der Waals surface area contributed by atoms with Gasteiger partial charge in [-0.1, -0.05) is 6.07 Å². The third-order valence-corrected chi connectivity index (χ3v) is 4.45. The molecule has 0 bridgehead atoms. The molecule has 1 aromatic heterocycles. The number of benzene rings is 1. The van der Waals surface area contributed by atoms with E-state index in [1.807, 2.05) is 6.92 Å². The van der Waals surface area contributed by atoms with Crippen LogP contribution >= 0.6 is 0 Å². The summed E-state index contributed by atoms with van der Waals surface area (Å²) in [6, 6.07) is 5.23. The Labute approximate surface area is 156 Å². The molecule has 4 amide bonds. The molecule has 4 N–H and O–H groups in total. The Kier molecular flexibility index (Phi) is 5.90. The smallest absolute Gasteiger partial charge is 0.321 e. The van der Waals surface area contributed by atoms with E-state index in [1.54, 1.807) is 23.2 Å². The maximum absolute atomic E-state index is 13.3. The van der Waals surface area contributed by atoms with Crippen molar-refractivity contribution in [1.29, 1.82) is 0 Å². The summed E-state index contributed by atoms with van der Waals surface area (Å²) in [6.07, 6.45) is 3.26. The van der Waals surface area contributed by atoms with E-state index in [0.717, 1.165) is 18.5 Å². The molecule has 27 heavy (non-hydrogen) atoms. The fourth-order valence-corrected chi connectivity index (χ4v) is 3.20. The van der Waals surface area contributed by atoms with Crippen LogP contribution in [0.2, 0.25) is 0 Å². The van der Waals surface area contributed by atoms with Gasteiger partial charge in [0.15, 0.2) is 0 Å². The van der Waals surface area contributed by atoms with Crippen molar-refractivity contribution in [1.82, 2.24) is 20.4 Å². The molecule has 3 rings (SSSR count). The number of aromatic nitrogens is 2. The number of halogens is 1. The molecule has 1 fully saturated rings. The summed E-state index contributed by atoms with van der Waals surface area (Å²) in [5, 5.41) is 15.1. The second-order valence-corrected chi connectivity index (χ2v) is 6.41. The molecular weight excluding hydrogens is 351 g/mol. The predicted octanol–water partition coefficient (Wildman–Crippen LogP) is 3.10. The minimum absolute atomic E-state index is 0.0245. The molecular formula is C18H23FN6O2. The summed E-state index contributed by atoms with van der Waals surface area (Å²) in [7, 11) is 0. The number of H-pyrrole nitrogens is 1. The van der Waals surface area contributed by atoms with E-state index in [2.05, 4.69) is 26.1 Å². The number of amides is 4. The number of carbonyl (C=O) groups is 2. The van der Waals surface area contributed by atoms with E-state index in [9.17, 15) is 14.0 Å². The predicted molar refractivity (Wildman–Crippen MR) is 100 cm³/mol. The Morgan fingerprint density at radius 1 is 1.37 bits per heavy atom. The number of hydrogen-bond donors (Lipinski definition) is 4. The SMILES string of the molecule is CCNC(=O)Nc1cn[nH]c1C1CCCN(C(=O)Nc2cccc(F)c2)C1. The molecule has 0 saturated carbocycles. The Bertz CT molecular complexity index is 809. The fourth-order valence-electron chi connectivity index (χ4n) is 3.20. The van der Waals surface area contributed by atoms with E-state index < -0.39 is 5.82 Å². The van der Waals surface area contributed by atoms with Crippen molar-refractivity contribution in [2.75, 3.05) is 30.3 Å². The number of nitrogens with one attached hydrogen (secondary N) is 4. The van der Waals surface area contributed by atoms with Gasteiger partial charge >= 0.3 is 12.1 Å². The molecule has 1 aliphatic rings. The second-order valence-electron chi connectivity index (χ2n) is 6.41. The number of rotatable bonds is 4. The Morgan fingerprint density at radius 3 is 3.00 bits per heavy atom. The third-order valence-electron chi connectivity index (χ3n) is 4.45. The number of carbonyl (C=O) groups excluding carboxylic acids is 2. The fraction of sp³-hybridized carbons (Fsp3) is 0.389. The molecule has 1 atom stereocenters. The normalized spacial score (nSPS) is 16.7. The van der Waals surface area contributed by atoms with Gasteiger partial charge in [0.2, 0.25) is 0 Å². The third kappa shape index (κ3) is 4.75. The summed E-state index contributed by atoms with van der Waals surface area (Å²) in [5.74, 6) is -0.376. The molecule has 0 radical (unpaired) electrons. The van der Waals surface area contributed by atoms with Gasteiger partial charge in [-0.3, -0.25) is 5.10 Å². The Balaban J connectivity index is 1.65. The number of piperidine rings is 1. The van der Waals surface area contributed by atoms with Crippen molar-refractivity contribution in [2.24, 2.45) is 0 Å². The van der Waals surface area contributed by atoms with Crippen LogP contribution in [0.5, 0.6) is 0 Å². The quantitative estimate of drug-likeness (QED) is 0.661. The summed E-state index contributed by atoms with van der Waals surface area (Å²) >= 11 is 0. The van der Waals surface area contributed by atoms with Gasteiger partial charge in [0, 0.05) is 31.2 Å². The van der Waals surface area contributed by atoms with Crippen molar-refractivity contribution in [3.63, 3.8) is 0 Å². The molecule has 144 valence electrons. The molecule has 2 heterocycles. The molecule has 0 aliphatic carbocycles. The second kappa shape index (κ2) is 8.52. The van der Waals surface area contributed by atoms with Crippen LogP contribution in [0.25, 0.3) is 0 Å². The van der Waals surface area contributed by atoms with Crippen molar-refractivity contribution >= 4 is 23.4 Å². The van der Waals surface area contributed by atoms with E-state index >= 15 is 0 Å². The first-order chi connectivity index (χ1) is 13.1. The minimum atomic E-state index is -0.400. The van der Waals surface area contributed by atoms with Crippen molar-refractivity contribution in [3.8, 4) is 0 Å². The highest BCUT2D eigenvalue weighted by atomic mass is 19.1. The molecule has 1 unspecified atom stereocenters. The number of anilines is 2. The number of nitrogens with zero attached hydrogens (tertiary/aromatic N) is 2. The summed E-state index contributed by atoms with van der Waals surface area (Å²) in [6.45, 7) is 3.46. The highest BCUT2D eigenvalue weighted by Gasteiger charge is 2.28. The average Bonchev–Trinajstić information content (AvgIpc) is 3.10. The van der Waals surface area contributed by atoms with Crippen LogP contribution in [0, 0.1) is 5.82 Å². The lowest BCUT2D eigenvalue weighted by Crippen LogP contribution is -2.42. The van der Waals surface area contributed by atoms with Gasteiger partial charge in [-0.05, 0) is 38.0 Å². The summed E-state index contributed by atoms with van der Waals surface area (Å²) in [5.41, 5.74) is 1.82. The van der Waals surface area contributed by atoms with Gasteiger partial charge in [-0.15, -0.1) is 0 Å². The number of likely N-dealkylation sites (tertiary alicyclic amines) is 1. The zero-order valence-electron chi connectivity index (χ0n) is 15.1. The molecule has 1 aromatic carbocycles. The lowest BCUT2D eigenvalue weighted by molar-refractivity contribution is 0.192. The van der Waals surface area contributed by atoms with Gasteiger partial charge in [0.05, 0.1) is 17.6 Å². The highest BCUT2D eigenvalue weighted by Crippen LogP contribution is 2.30. The van der Waals surface area contributed by atoms with Crippen LogP contribution in [-0.4, -0.2) is 46.8 Å². The zero-order valence-corrected chi connectivity index (χ0v) is 15.1. The summed E-state index contributed by atoms with van der Waals surface area (Å²) in [4.78, 5) is 26.0. The highest BCUT2D eigenvalue weighted by molar-refractivity contribution is 5.90. The molecule has 1 aliphatic heterocycles. The number of hydrogen-bond acceptors (Lipinski definition) is 3. The van der Waals surface area contributed by atoms with E-state index in [1.165, 1.54) is 12.1 Å². The van der Waals surface area contributed by atoms with Crippen molar-refractivity contribution in [2.45, 2.75) is 25.7 Å². The lowest BCUT2D eigenvalue weighted by atomic mass is 9.94.